The van der Waals surface area contributed by atoms with E-state index in [0.29, 0.717) is 10.8 Å². The van der Waals surface area contributed by atoms with E-state index < -0.39 is 9.84 Å². The Labute approximate surface area is 172 Å². The van der Waals surface area contributed by atoms with Crippen LogP contribution in [0.2, 0.25) is 0 Å². The lowest BCUT2D eigenvalue weighted by Gasteiger charge is -2.08. The summed E-state index contributed by atoms with van der Waals surface area (Å²) >= 11 is 1.29. The first-order valence-corrected chi connectivity index (χ1v) is 11.7. The highest BCUT2D eigenvalue weighted by Gasteiger charge is 2.13. The van der Waals surface area contributed by atoms with Crippen LogP contribution < -0.4 is 5.32 Å². The summed E-state index contributed by atoms with van der Waals surface area (Å²) in [4.78, 5) is 12.5. The van der Waals surface area contributed by atoms with Crippen molar-refractivity contribution in [3.05, 3.63) is 60.2 Å². The van der Waals surface area contributed by atoms with Gasteiger partial charge in [0.25, 0.3) is 0 Å². The summed E-state index contributed by atoms with van der Waals surface area (Å²) in [5.74, 6) is -0.0631. The van der Waals surface area contributed by atoms with Crippen molar-refractivity contribution in [1.29, 1.82) is 0 Å². The molecule has 9 heteroatoms. The van der Waals surface area contributed by atoms with Crippen molar-refractivity contribution < 1.29 is 13.2 Å². The van der Waals surface area contributed by atoms with Crippen molar-refractivity contribution in [3.63, 3.8) is 0 Å². The normalized spacial score (nSPS) is 11.8. The van der Waals surface area contributed by atoms with Crippen LogP contribution in [0, 0.1) is 6.92 Å². The van der Waals surface area contributed by atoms with Gasteiger partial charge in [-0.1, -0.05) is 30.0 Å². The molecule has 4 aromatic rings. The maximum atomic E-state index is 12.3. The van der Waals surface area contributed by atoms with Crippen LogP contribution in [0.4, 0.5) is 5.69 Å². The van der Waals surface area contributed by atoms with E-state index in [1.807, 2.05) is 41.7 Å². The molecule has 0 fully saturated rings. The van der Waals surface area contributed by atoms with Gasteiger partial charge in [0, 0.05) is 17.3 Å². The van der Waals surface area contributed by atoms with Crippen molar-refractivity contribution in [3.8, 4) is 0 Å². The van der Waals surface area contributed by atoms with Gasteiger partial charge in [-0.2, -0.15) is 0 Å². The lowest BCUT2D eigenvalue weighted by Crippen LogP contribution is -2.14. The third-order valence-corrected chi connectivity index (χ3v) is 6.53. The van der Waals surface area contributed by atoms with Gasteiger partial charge in [0.15, 0.2) is 20.6 Å². The van der Waals surface area contributed by atoms with Gasteiger partial charge < -0.3 is 5.32 Å². The Balaban J connectivity index is 1.51. The molecular weight excluding hydrogens is 408 g/mol. The summed E-state index contributed by atoms with van der Waals surface area (Å²) in [6.07, 6.45) is 1.14. The molecule has 0 bridgehead atoms. The topological polar surface area (TPSA) is 93.4 Å². The second-order valence-electron chi connectivity index (χ2n) is 6.65. The summed E-state index contributed by atoms with van der Waals surface area (Å²) in [5.41, 5.74) is 3.38. The minimum absolute atomic E-state index is 0.150. The summed E-state index contributed by atoms with van der Waals surface area (Å²) < 4.78 is 25.0. The molecule has 0 saturated carbocycles. The molecule has 0 aliphatic heterocycles. The number of nitrogens with one attached hydrogen (secondary N) is 1. The maximum absolute atomic E-state index is 12.3. The zero-order valence-electron chi connectivity index (χ0n) is 15.8. The molecule has 0 radical (unpaired) electrons. The third-order valence-electron chi connectivity index (χ3n) is 4.47. The van der Waals surface area contributed by atoms with Gasteiger partial charge >= 0.3 is 0 Å². The van der Waals surface area contributed by atoms with E-state index in [2.05, 4.69) is 15.5 Å². The number of fused-ring (bicyclic) bond motifs is 3. The fourth-order valence-corrected chi connectivity index (χ4v) is 4.46. The Morgan fingerprint density at radius 2 is 1.83 bits per heavy atom. The number of pyridine rings is 1. The molecule has 2 heterocycles. The van der Waals surface area contributed by atoms with Crippen LogP contribution in [0.25, 0.3) is 16.6 Å². The number of aromatic nitrogens is 3. The molecule has 0 spiro atoms. The second-order valence-corrected chi connectivity index (χ2v) is 9.61. The monoisotopic (exact) mass is 426 g/mol. The Bertz CT molecular complexity index is 1330. The molecule has 2 aromatic carbocycles. The molecule has 7 nitrogen and oxygen atoms in total. The molecule has 0 atom stereocenters. The first kappa shape index (κ1) is 19.4. The molecule has 0 aliphatic rings. The molecule has 29 heavy (non-hydrogen) atoms. The standard InChI is InChI=1S/C20H18N4O3S2/c1-13-11-18-22-23-20(24(18)17-6-4-3-5-16(13)17)28-12-19(25)21-14-7-9-15(10-8-14)29(2,26)27/h3-11H,12H2,1-2H3,(H,21,25). The van der Waals surface area contributed by atoms with Crippen molar-refractivity contribution in [1.82, 2.24) is 14.6 Å². The van der Waals surface area contributed by atoms with Crippen molar-refractivity contribution in [2.24, 2.45) is 0 Å². The first-order valence-electron chi connectivity index (χ1n) is 8.79. The minimum atomic E-state index is -3.26. The molecule has 0 unspecified atom stereocenters. The number of sulfone groups is 1. The average molecular weight is 427 g/mol. The quantitative estimate of drug-likeness (QED) is 0.492. The number of anilines is 1. The minimum Gasteiger partial charge on any atom is -0.325 e. The second kappa shape index (κ2) is 7.49. The Hall–Kier alpha value is -2.91. The van der Waals surface area contributed by atoms with Crippen LogP contribution in [0.15, 0.2) is 64.6 Å². The van der Waals surface area contributed by atoms with Gasteiger partial charge in [-0.25, -0.2) is 8.42 Å². The number of para-hydroxylation sites is 1. The predicted octanol–water partition coefficient (Wildman–Crippen LogP) is 3.33. The molecule has 4 rings (SSSR count). The number of aryl methyl sites for hydroxylation is 1. The molecule has 0 aliphatic carbocycles. The molecule has 1 amide bonds. The fraction of sp³-hybridized carbons (Fsp3) is 0.150. The molecular formula is C20H18N4O3S2. The van der Waals surface area contributed by atoms with E-state index >= 15 is 0 Å². The number of carbonyl (C=O) groups excluding carboxylic acids is 1. The number of rotatable bonds is 5. The predicted molar refractivity (Wildman–Crippen MR) is 114 cm³/mol. The van der Waals surface area contributed by atoms with Gasteiger partial charge in [-0.15, -0.1) is 10.2 Å². The number of hydrogen-bond donors (Lipinski definition) is 1. The summed E-state index contributed by atoms with van der Waals surface area (Å²) in [7, 11) is -3.26. The fourth-order valence-electron chi connectivity index (χ4n) is 3.08. The number of thioether (sulfide) groups is 1. The van der Waals surface area contributed by atoms with Crippen LogP contribution in [0.1, 0.15) is 5.56 Å². The van der Waals surface area contributed by atoms with Crippen LogP contribution in [-0.4, -0.2) is 40.9 Å². The first-order chi connectivity index (χ1) is 13.8. The average Bonchev–Trinajstić information content (AvgIpc) is 3.09. The van der Waals surface area contributed by atoms with Crippen LogP contribution in [0.5, 0.6) is 0 Å². The number of amides is 1. The van der Waals surface area contributed by atoms with Crippen molar-refractivity contribution in [2.45, 2.75) is 17.0 Å². The highest BCUT2D eigenvalue weighted by molar-refractivity contribution is 7.99. The Kier molecular flexibility index (Phi) is 5.01. The van der Waals surface area contributed by atoms with E-state index in [9.17, 15) is 13.2 Å². The molecule has 2 aromatic heterocycles. The Morgan fingerprint density at radius 1 is 1.10 bits per heavy atom. The van der Waals surface area contributed by atoms with Crippen LogP contribution in [0.3, 0.4) is 0 Å². The van der Waals surface area contributed by atoms with E-state index in [4.69, 9.17) is 0 Å². The zero-order valence-corrected chi connectivity index (χ0v) is 17.4. The Morgan fingerprint density at radius 3 is 2.55 bits per heavy atom. The van der Waals surface area contributed by atoms with Gasteiger partial charge in [0.05, 0.1) is 16.2 Å². The number of benzene rings is 2. The summed E-state index contributed by atoms with van der Waals surface area (Å²) in [5, 5.41) is 13.0. The van der Waals surface area contributed by atoms with Gasteiger partial charge in [0.2, 0.25) is 5.91 Å². The van der Waals surface area contributed by atoms with Crippen LogP contribution >= 0.6 is 11.8 Å². The molecule has 1 N–H and O–H groups in total. The molecule has 0 saturated heterocycles. The van der Waals surface area contributed by atoms with Gasteiger partial charge in [-0.05, 0) is 48.9 Å². The lowest BCUT2D eigenvalue weighted by atomic mass is 10.1. The maximum Gasteiger partial charge on any atom is 0.234 e. The van der Waals surface area contributed by atoms with E-state index in [0.717, 1.165) is 28.4 Å². The van der Waals surface area contributed by atoms with Gasteiger partial charge in [-0.3, -0.25) is 9.20 Å². The summed E-state index contributed by atoms with van der Waals surface area (Å²) in [6, 6.07) is 16.1. The highest BCUT2D eigenvalue weighted by atomic mass is 32.2. The van der Waals surface area contributed by atoms with Crippen LogP contribution in [-0.2, 0) is 14.6 Å². The van der Waals surface area contributed by atoms with Crippen molar-refractivity contribution in [2.75, 3.05) is 17.3 Å². The number of carbonyl (C=O) groups is 1. The smallest absolute Gasteiger partial charge is 0.234 e. The number of nitrogens with zero attached hydrogens (tertiary/aromatic N) is 3. The highest BCUT2D eigenvalue weighted by Crippen LogP contribution is 2.25. The van der Waals surface area contributed by atoms with Crippen molar-refractivity contribution >= 4 is 49.7 Å². The largest absolute Gasteiger partial charge is 0.325 e. The zero-order chi connectivity index (χ0) is 20.6. The van der Waals surface area contributed by atoms with E-state index in [1.54, 1.807) is 12.1 Å². The van der Waals surface area contributed by atoms with E-state index in [-0.39, 0.29) is 16.6 Å². The SMILES string of the molecule is Cc1cc2nnc(SCC(=O)Nc3ccc(S(C)(=O)=O)cc3)n2c2ccccc12. The summed E-state index contributed by atoms with van der Waals surface area (Å²) in [6.45, 7) is 2.03. The van der Waals surface area contributed by atoms with E-state index in [1.165, 1.54) is 23.9 Å². The lowest BCUT2D eigenvalue weighted by molar-refractivity contribution is -0.113. The van der Waals surface area contributed by atoms with Gasteiger partial charge in [0.1, 0.15) is 0 Å². The third kappa shape index (κ3) is 3.96. The molecule has 148 valence electrons. The number of hydrogen-bond acceptors (Lipinski definition) is 6.